The van der Waals surface area contributed by atoms with Gasteiger partial charge in [0.2, 0.25) is 0 Å². The summed E-state index contributed by atoms with van der Waals surface area (Å²) >= 11 is 1.58. The molecule has 0 saturated carbocycles. The van der Waals surface area contributed by atoms with Crippen LogP contribution in [0, 0.1) is 0 Å². The van der Waals surface area contributed by atoms with Crippen LogP contribution < -0.4 is 10.1 Å². The van der Waals surface area contributed by atoms with Crippen LogP contribution in [0.2, 0.25) is 0 Å². The molecule has 0 bridgehead atoms. The number of para-hydroxylation sites is 1. The molecule has 0 fully saturated rings. The number of hydrogen-bond donors (Lipinski definition) is 1. The number of nitrogens with zero attached hydrogens (tertiary/aromatic N) is 1. The maximum atomic E-state index is 12.4. The second kappa shape index (κ2) is 8.03. The number of alkyl halides is 2. The highest BCUT2D eigenvalue weighted by atomic mass is 32.1. The molecule has 1 aromatic carbocycles. The molecule has 0 aliphatic carbocycles. The molecule has 1 unspecified atom stereocenters. The van der Waals surface area contributed by atoms with Gasteiger partial charge in [0.1, 0.15) is 5.75 Å². The van der Waals surface area contributed by atoms with Gasteiger partial charge in [0.25, 0.3) is 5.91 Å². The molecular formula is C16H18F2N2O2S. The van der Waals surface area contributed by atoms with E-state index in [-0.39, 0.29) is 17.4 Å². The van der Waals surface area contributed by atoms with E-state index >= 15 is 0 Å². The molecule has 4 nitrogen and oxygen atoms in total. The Morgan fingerprint density at radius 1 is 1.30 bits per heavy atom. The predicted molar refractivity (Wildman–Crippen MR) is 86.2 cm³/mol. The number of thiophene rings is 1. The standard InChI is InChI=1S/C16H18F2N2O2S/c1-20(2)13(11-7-8-23-10-11)9-19-15(21)12-5-3-4-6-14(12)22-16(17)18/h3-8,10,13,16H,9H2,1-2H3,(H,19,21). The first-order valence-corrected chi connectivity index (χ1v) is 7.94. The number of hydrogen-bond acceptors (Lipinski definition) is 4. The molecule has 0 spiro atoms. The lowest BCUT2D eigenvalue weighted by atomic mass is 10.1. The summed E-state index contributed by atoms with van der Waals surface area (Å²) in [5.74, 6) is -0.569. The number of benzene rings is 1. The first-order chi connectivity index (χ1) is 11.0. The van der Waals surface area contributed by atoms with Gasteiger partial charge in [-0.2, -0.15) is 20.1 Å². The van der Waals surface area contributed by atoms with Crippen LogP contribution in [-0.4, -0.2) is 38.1 Å². The highest BCUT2D eigenvalue weighted by molar-refractivity contribution is 7.07. The average molecular weight is 340 g/mol. The molecule has 2 aromatic rings. The summed E-state index contributed by atoms with van der Waals surface area (Å²) in [5, 5.41) is 6.77. The molecule has 0 aliphatic rings. The number of rotatable bonds is 7. The van der Waals surface area contributed by atoms with Crippen LogP contribution in [0.15, 0.2) is 41.1 Å². The fourth-order valence-corrected chi connectivity index (χ4v) is 2.91. The maximum Gasteiger partial charge on any atom is 0.387 e. The minimum absolute atomic E-state index is 0.00776. The van der Waals surface area contributed by atoms with Crippen molar-refractivity contribution in [1.82, 2.24) is 10.2 Å². The quantitative estimate of drug-likeness (QED) is 0.840. The SMILES string of the molecule is CN(C)C(CNC(=O)c1ccccc1OC(F)F)c1ccsc1. The molecule has 1 aromatic heterocycles. The van der Waals surface area contributed by atoms with E-state index in [2.05, 4.69) is 10.1 Å². The largest absolute Gasteiger partial charge is 0.434 e. The molecule has 0 radical (unpaired) electrons. The zero-order valence-corrected chi connectivity index (χ0v) is 13.6. The summed E-state index contributed by atoms with van der Waals surface area (Å²) in [6, 6.07) is 7.97. The molecule has 2 rings (SSSR count). The van der Waals surface area contributed by atoms with E-state index in [0.29, 0.717) is 6.54 Å². The van der Waals surface area contributed by atoms with Crippen molar-refractivity contribution in [1.29, 1.82) is 0 Å². The molecule has 1 atom stereocenters. The monoisotopic (exact) mass is 340 g/mol. The normalized spacial score (nSPS) is 12.4. The van der Waals surface area contributed by atoms with Crippen LogP contribution in [-0.2, 0) is 0 Å². The summed E-state index contributed by atoms with van der Waals surface area (Å²) in [6.45, 7) is -2.60. The summed E-state index contributed by atoms with van der Waals surface area (Å²) in [6.07, 6.45) is 0. The van der Waals surface area contributed by atoms with Gasteiger partial charge in [-0.1, -0.05) is 12.1 Å². The van der Waals surface area contributed by atoms with Crippen molar-refractivity contribution in [2.24, 2.45) is 0 Å². The highest BCUT2D eigenvalue weighted by Crippen LogP contribution is 2.22. The zero-order valence-electron chi connectivity index (χ0n) is 12.8. The van der Waals surface area contributed by atoms with Gasteiger partial charge in [-0.15, -0.1) is 0 Å². The molecule has 7 heteroatoms. The van der Waals surface area contributed by atoms with E-state index in [0.717, 1.165) is 5.56 Å². The molecular weight excluding hydrogens is 322 g/mol. The van der Waals surface area contributed by atoms with Crippen molar-refractivity contribution >= 4 is 17.2 Å². The maximum absolute atomic E-state index is 12.4. The molecule has 0 saturated heterocycles. The van der Waals surface area contributed by atoms with Crippen LogP contribution >= 0.6 is 11.3 Å². The number of ether oxygens (including phenoxy) is 1. The van der Waals surface area contributed by atoms with Gasteiger partial charge < -0.3 is 15.0 Å². The van der Waals surface area contributed by atoms with Crippen molar-refractivity contribution < 1.29 is 18.3 Å². The number of amides is 1. The summed E-state index contributed by atoms with van der Waals surface area (Å²) < 4.78 is 29.2. The molecule has 1 amide bonds. The second-order valence-corrected chi connectivity index (χ2v) is 5.90. The van der Waals surface area contributed by atoms with Crippen LogP contribution in [0.5, 0.6) is 5.75 Å². The summed E-state index contributed by atoms with van der Waals surface area (Å²) in [7, 11) is 3.84. The Bertz CT molecular complexity index is 633. The predicted octanol–water partition coefficient (Wildman–Crippen LogP) is 3.38. The van der Waals surface area contributed by atoms with Gasteiger partial charge in [0, 0.05) is 6.54 Å². The Labute approximate surface area is 137 Å². The Balaban J connectivity index is 2.07. The number of likely N-dealkylation sites (N-methyl/N-ethyl adjacent to an activating group) is 1. The molecule has 1 N–H and O–H groups in total. The topological polar surface area (TPSA) is 41.6 Å². The van der Waals surface area contributed by atoms with Gasteiger partial charge >= 0.3 is 6.61 Å². The number of halogens is 2. The van der Waals surface area contributed by atoms with Gasteiger partial charge in [0.05, 0.1) is 11.6 Å². The van der Waals surface area contributed by atoms with E-state index in [4.69, 9.17) is 0 Å². The van der Waals surface area contributed by atoms with E-state index in [9.17, 15) is 13.6 Å². The van der Waals surface area contributed by atoms with Gasteiger partial charge in [0.15, 0.2) is 0 Å². The lowest BCUT2D eigenvalue weighted by molar-refractivity contribution is -0.0501. The Morgan fingerprint density at radius 2 is 2.04 bits per heavy atom. The van der Waals surface area contributed by atoms with E-state index in [1.54, 1.807) is 23.5 Å². The molecule has 124 valence electrons. The second-order valence-electron chi connectivity index (χ2n) is 5.12. The zero-order chi connectivity index (χ0) is 16.8. The summed E-state index contributed by atoms with van der Waals surface area (Å²) in [4.78, 5) is 14.3. The van der Waals surface area contributed by atoms with Gasteiger partial charge in [-0.25, -0.2) is 0 Å². The van der Waals surface area contributed by atoms with Gasteiger partial charge in [-0.05, 0) is 48.6 Å². The van der Waals surface area contributed by atoms with Crippen molar-refractivity contribution in [3.8, 4) is 5.75 Å². The van der Waals surface area contributed by atoms with Crippen molar-refractivity contribution in [3.63, 3.8) is 0 Å². The van der Waals surface area contributed by atoms with Crippen LogP contribution in [0.3, 0.4) is 0 Å². The third-order valence-corrected chi connectivity index (χ3v) is 4.06. The number of carbonyl (C=O) groups is 1. The first kappa shape index (κ1) is 17.4. The minimum Gasteiger partial charge on any atom is -0.434 e. The van der Waals surface area contributed by atoms with E-state index in [1.165, 1.54) is 12.1 Å². The van der Waals surface area contributed by atoms with Crippen LogP contribution in [0.25, 0.3) is 0 Å². The number of nitrogens with one attached hydrogen (secondary N) is 1. The first-order valence-electron chi connectivity index (χ1n) is 6.99. The van der Waals surface area contributed by atoms with Gasteiger partial charge in [-0.3, -0.25) is 4.79 Å². The molecule has 23 heavy (non-hydrogen) atoms. The highest BCUT2D eigenvalue weighted by Gasteiger charge is 2.19. The Kier molecular flexibility index (Phi) is 6.06. The fourth-order valence-electron chi connectivity index (χ4n) is 2.20. The lowest BCUT2D eigenvalue weighted by Gasteiger charge is -2.24. The Morgan fingerprint density at radius 3 is 2.65 bits per heavy atom. The van der Waals surface area contributed by atoms with Crippen molar-refractivity contribution in [3.05, 3.63) is 52.2 Å². The third kappa shape index (κ3) is 4.74. The lowest BCUT2D eigenvalue weighted by Crippen LogP contribution is -2.34. The van der Waals surface area contributed by atoms with Crippen molar-refractivity contribution in [2.45, 2.75) is 12.7 Å². The fraction of sp³-hybridized carbons (Fsp3) is 0.312. The minimum atomic E-state index is -2.97. The van der Waals surface area contributed by atoms with E-state index < -0.39 is 12.5 Å². The average Bonchev–Trinajstić information content (AvgIpc) is 3.01. The molecule has 0 aliphatic heterocycles. The summed E-state index contributed by atoms with van der Waals surface area (Å²) in [5.41, 5.74) is 1.19. The van der Waals surface area contributed by atoms with Crippen LogP contribution in [0.4, 0.5) is 8.78 Å². The molecule has 1 heterocycles. The van der Waals surface area contributed by atoms with E-state index in [1.807, 2.05) is 35.8 Å². The van der Waals surface area contributed by atoms with Crippen molar-refractivity contribution in [2.75, 3.05) is 20.6 Å². The smallest absolute Gasteiger partial charge is 0.387 e. The third-order valence-electron chi connectivity index (χ3n) is 3.36. The Hall–Kier alpha value is -1.99. The number of carbonyl (C=O) groups excluding carboxylic acids is 1. The van der Waals surface area contributed by atoms with Crippen LogP contribution in [0.1, 0.15) is 22.0 Å².